The van der Waals surface area contributed by atoms with E-state index in [1.54, 1.807) is 13.8 Å². The fourth-order valence-electron chi connectivity index (χ4n) is 5.09. The molecule has 0 spiro atoms. The van der Waals surface area contributed by atoms with Crippen molar-refractivity contribution in [1.82, 2.24) is 10.6 Å². The Hall–Kier alpha value is -3.39. The Labute approximate surface area is 205 Å². The maximum atomic E-state index is 12.8. The lowest BCUT2D eigenvalue weighted by molar-refractivity contribution is -0.150. The summed E-state index contributed by atoms with van der Waals surface area (Å²) in [7, 11) is 0. The lowest BCUT2D eigenvalue weighted by Gasteiger charge is -2.30. The Morgan fingerprint density at radius 1 is 1.03 bits per heavy atom. The number of benzene rings is 2. The van der Waals surface area contributed by atoms with Gasteiger partial charge in [-0.05, 0) is 41.5 Å². The third-order valence-electron chi connectivity index (χ3n) is 7.30. The molecule has 0 bridgehead atoms. The van der Waals surface area contributed by atoms with Gasteiger partial charge in [0.25, 0.3) is 0 Å². The van der Waals surface area contributed by atoms with Gasteiger partial charge in [0.1, 0.15) is 18.2 Å². The number of carboxylic acids is 1. The zero-order valence-electron chi connectivity index (χ0n) is 20.1. The zero-order chi connectivity index (χ0) is 25.0. The molecular weight excluding hydrogens is 448 g/mol. The van der Waals surface area contributed by atoms with Gasteiger partial charge in [-0.25, -0.2) is 9.59 Å². The molecule has 0 unspecified atom stereocenters. The molecule has 186 valence electrons. The number of rotatable bonds is 9. The summed E-state index contributed by atoms with van der Waals surface area (Å²) >= 11 is 0. The maximum absolute atomic E-state index is 12.8. The molecule has 8 nitrogen and oxygen atoms in total. The Morgan fingerprint density at radius 2 is 1.63 bits per heavy atom. The SMILES string of the molecule is CCC(CC)(NC(=O)[C@@H]1OCC[C@@H]1CNC(=O)OCC1c2ccccc2-c2ccccc21)C(=O)O. The van der Waals surface area contributed by atoms with Crippen molar-refractivity contribution < 1.29 is 29.0 Å². The van der Waals surface area contributed by atoms with E-state index in [4.69, 9.17) is 9.47 Å². The number of carbonyl (C=O) groups excluding carboxylic acids is 2. The minimum Gasteiger partial charge on any atom is -0.480 e. The Bertz CT molecular complexity index is 1050. The maximum Gasteiger partial charge on any atom is 0.407 e. The minimum atomic E-state index is -1.33. The number of hydrogen-bond acceptors (Lipinski definition) is 5. The molecule has 2 amide bonds. The summed E-state index contributed by atoms with van der Waals surface area (Å²) in [4.78, 5) is 37.1. The number of alkyl carbamates (subject to hydrolysis) is 1. The van der Waals surface area contributed by atoms with E-state index in [0.717, 1.165) is 22.3 Å². The second-order valence-electron chi connectivity index (χ2n) is 9.13. The molecule has 4 rings (SSSR count). The van der Waals surface area contributed by atoms with Gasteiger partial charge in [0.2, 0.25) is 5.91 Å². The minimum absolute atomic E-state index is 0.0336. The average molecular weight is 481 g/mol. The summed E-state index contributed by atoms with van der Waals surface area (Å²) in [6.45, 7) is 4.23. The van der Waals surface area contributed by atoms with Gasteiger partial charge >= 0.3 is 12.1 Å². The van der Waals surface area contributed by atoms with Crippen molar-refractivity contribution >= 4 is 18.0 Å². The van der Waals surface area contributed by atoms with E-state index in [9.17, 15) is 19.5 Å². The highest BCUT2D eigenvalue weighted by atomic mass is 16.5. The molecule has 2 aliphatic rings. The number of ether oxygens (including phenoxy) is 2. The number of fused-ring (bicyclic) bond motifs is 3. The Kier molecular flexibility index (Phi) is 7.40. The molecule has 2 aromatic rings. The summed E-state index contributed by atoms with van der Waals surface area (Å²) in [6, 6.07) is 16.3. The number of hydrogen-bond donors (Lipinski definition) is 3. The predicted octanol–water partition coefficient (Wildman–Crippen LogP) is 3.69. The van der Waals surface area contributed by atoms with Crippen molar-refractivity contribution in [3.63, 3.8) is 0 Å². The molecule has 0 aromatic heterocycles. The first-order chi connectivity index (χ1) is 16.9. The van der Waals surface area contributed by atoms with Gasteiger partial charge in [-0.15, -0.1) is 0 Å². The number of nitrogens with one attached hydrogen (secondary N) is 2. The third kappa shape index (κ3) is 4.89. The zero-order valence-corrected chi connectivity index (χ0v) is 20.1. The highest BCUT2D eigenvalue weighted by molar-refractivity contribution is 5.89. The molecule has 1 aliphatic carbocycles. The van der Waals surface area contributed by atoms with Gasteiger partial charge in [-0.2, -0.15) is 0 Å². The first-order valence-corrected chi connectivity index (χ1v) is 12.2. The predicted molar refractivity (Wildman–Crippen MR) is 130 cm³/mol. The van der Waals surface area contributed by atoms with Crippen molar-refractivity contribution in [2.75, 3.05) is 19.8 Å². The van der Waals surface area contributed by atoms with Crippen LogP contribution >= 0.6 is 0 Å². The van der Waals surface area contributed by atoms with Gasteiger partial charge in [0.15, 0.2) is 0 Å². The normalized spacial score (nSPS) is 19.0. The Balaban J connectivity index is 1.33. The van der Waals surface area contributed by atoms with Crippen LogP contribution in [0.1, 0.15) is 50.2 Å². The van der Waals surface area contributed by atoms with Crippen LogP contribution in [0.5, 0.6) is 0 Å². The summed E-state index contributed by atoms with van der Waals surface area (Å²) in [5.41, 5.74) is 3.26. The van der Waals surface area contributed by atoms with E-state index < -0.39 is 29.6 Å². The molecule has 1 fully saturated rings. The van der Waals surface area contributed by atoms with Crippen LogP contribution in [-0.2, 0) is 19.1 Å². The summed E-state index contributed by atoms with van der Waals surface area (Å²) in [5, 5.41) is 15.0. The molecule has 1 heterocycles. The van der Waals surface area contributed by atoms with E-state index in [1.165, 1.54) is 0 Å². The molecule has 35 heavy (non-hydrogen) atoms. The number of aliphatic carboxylic acids is 1. The Morgan fingerprint density at radius 3 is 2.20 bits per heavy atom. The smallest absolute Gasteiger partial charge is 0.407 e. The monoisotopic (exact) mass is 480 g/mol. The van der Waals surface area contributed by atoms with Crippen LogP contribution < -0.4 is 10.6 Å². The van der Waals surface area contributed by atoms with Crippen LogP contribution in [0.4, 0.5) is 4.79 Å². The van der Waals surface area contributed by atoms with Gasteiger partial charge in [-0.1, -0.05) is 62.4 Å². The second kappa shape index (κ2) is 10.5. The topological polar surface area (TPSA) is 114 Å². The standard InChI is InChI=1S/C27H32N2O6/c1-3-27(4-2,25(31)32)29-24(30)23-17(13-14-34-23)15-28-26(33)35-16-22-20-11-7-5-9-18(20)19-10-6-8-12-21(19)22/h5-12,17,22-23H,3-4,13-16H2,1-2H3,(H,28,33)(H,29,30)(H,31,32)/t17-,23-/m1/s1. The number of amides is 2. The molecule has 0 saturated carbocycles. The molecular formula is C27H32N2O6. The first kappa shape index (κ1) is 24.7. The fraction of sp³-hybridized carbons (Fsp3) is 0.444. The van der Waals surface area contributed by atoms with Crippen LogP contribution in [0.15, 0.2) is 48.5 Å². The summed E-state index contributed by atoms with van der Waals surface area (Å²) in [5.74, 6) is -1.83. The van der Waals surface area contributed by atoms with Crippen molar-refractivity contribution in [3.8, 4) is 11.1 Å². The average Bonchev–Trinajstić information content (AvgIpc) is 3.47. The van der Waals surface area contributed by atoms with Crippen LogP contribution in [0.2, 0.25) is 0 Å². The van der Waals surface area contributed by atoms with Crippen LogP contribution in [0.25, 0.3) is 11.1 Å². The van der Waals surface area contributed by atoms with Gasteiger partial charge in [-0.3, -0.25) is 4.79 Å². The van der Waals surface area contributed by atoms with E-state index >= 15 is 0 Å². The molecule has 2 aromatic carbocycles. The van der Waals surface area contributed by atoms with Crippen molar-refractivity contribution in [2.24, 2.45) is 5.92 Å². The molecule has 1 saturated heterocycles. The quantitative estimate of drug-likeness (QED) is 0.504. The van der Waals surface area contributed by atoms with Crippen molar-refractivity contribution in [1.29, 1.82) is 0 Å². The number of carboxylic acid groups (broad SMARTS) is 1. The lowest BCUT2D eigenvalue weighted by atomic mass is 9.91. The lowest BCUT2D eigenvalue weighted by Crippen LogP contribution is -2.57. The van der Waals surface area contributed by atoms with Crippen molar-refractivity contribution in [2.45, 2.75) is 50.7 Å². The highest BCUT2D eigenvalue weighted by Gasteiger charge is 2.42. The van der Waals surface area contributed by atoms with E-state index in [1.807, 2.05) is 24.3 Å². The van der Waals surface area contributed by atoms with Gasteiger partial charge in [0, 0.05) is 25.0 Å². The van der Waals surface area contributed by atoms with Crippen LogP contribution in [0.3, 0.4) is 0 Å². The van der Waals surface area contributed by atoms with Gasteiger partial charge in [0.05, 0.1) is 0 Å². The van der Waals surface area contributed by atoms with Crippen LogP contribution in [0, 0.1) is 5.92 Å². The van der Waals surface area contributed by atoms with Gasteiger partial charge < -0.3 is 25.2 Å². The molecule has 0 radical (unpaired) electrons. The molecule has 2 atom stereocenters. The van der Waals surface area contributed by atoms with E-state index in [0.29, 0.717) is 13.0 Å². The molecule has 8 heteroatoms. The highest BCUT2D eigenvalue weighted by Crippen LogP contribution is 2.44. The van der Waals surface area contributed by atoms with Crippen molar-refractivity contribution in [3.05, 3.63) is 59.7 Å². The molecule has 3 N–H and O–H groups in total. The van der Waals surface area contributed by atoms with E-state index in [-0.39, 0.29) is 37.8 Å². The van der Waals surface area contributed by atoms with E-state index in [2.05, 4.69) is 34.9 Å². The first-order valence-electron chi connectivity index (χ1n) is 12.2. The fourth-order valence-corrected chi connectivity index (χ4v) is 5.09. The summed E-state index contributed by atoms with van der Waals surface area (Å²) in [6.07, 6.45) is -0.263. The molecule has 1 aliphatic heterocycles. The second-order valence-corrected chi connectivity index (χ2v) is 9.13. The third-order valence-corrected chi connectivity index (χ3v) is 7.30. The largest absolute Gasteiger partial charge is 0.480 e. The summed E-state index contributed by atoms with van der Waals surface area (Å²) < 4.78 is 11.2. The number of carbonyl (C=O) groups is 3. The van der Waals surface area contributed by atoms with Crippen LogP contribution in [-0.4, -0.2) is 54.5 Å².